The van der Waals surface area contributed by atoms with Crippen molar-refractivity contribution in [3.8, 4) is 11.4 Å². The van der Waals surface area contributed by atoms with Crippen LogP contribution in [0.5, 0.6) is 0 Å². The van der Waals surface area contributed by atoms with Gasteiger partial charge in [0.2, 0.25) is 5.91 Å². The number of nitrogens with zero attached hydrogens (tertiary/aromatic N) is 4. The second-order valence-electron chi connectivity index (χ2n) is 10.9. The largest absolute Gasteiger partial charge is 0.338 e. The van der Waals surface area contributed by atoms with Gasteiger partial charge < -0.3 is 4.90 Å². The average Bonchev–Trinajstić information content (AvgIpc) is 3.38. The number of carbonyl (C=O) groups is 1. The number of aromatic nitrogens is 3. The molecule has 4 aliphatic rings. The molecule has 0 radical (unpaired) electrons. The van der Waals surface area contributed by atoms with Crippen LogP contribution < -0.4 is 10.9 Å². The molecule has 5 atom stereocenters. The molecule has 180 valence electrons. The summed E-state index contributed by atoms with van der Waals surface area (Å²) in [5.74, 6) is 1.09. The summed E-state index contributed by atoms with van der Waals surface area (Å²) in [6.07, 6.45) is 6.45. The third kappa shape index (κ3) is 3.35. The summed E-state index contributed by atoms with van der Waals surface area (Å²) in [7, 11) is 0. The molecule has 1 amide bonds. The Morgan fingerprint density at radius 2 is 2.12 bits per heavy atom. The van der Waals surface area contributed by atoms with E-state index < -0.39 is 0 Å². The minimum atomic E-state index is 0.0389. The first-order valence-corrected chi connectivity index (χ1v) is 12.9. The van der Waals surface area contributed by atoms with Crippen LogP contribution in [0.4, 0.5) is 0 Å². The second kappa shape index (κ2) is 8.18. The number of carbonyl (C=O) groups excluding carboxylic acids is 1. The van der Waals surface area contributed by atoms with E-state index in [0.717, 1.165) is 50.3 Å². The molecular weight excluding hydrogens is 448 g/mol. The van der Waals surface area contributed by atoms with Crippen LogP contribution >= 0.6 is 11.6 Å². The third-order valence-electron chi connectivity index (χ3n) is 8.77. The molecule has 2 saturated heterocycles. The lowest BCUT2D eigenvalue weighted by molar-refractivity contribution is -0.149. The SMILES string of the molecule is C=CC(=O)N1CC2(CC(n3nc(-c4ccccn4)c(C4C(Cl)C(C)CC5NNCC54)c3C)C2)C1. The minimum absolute atomic E-state index is 0.0389. The molecular formula is C26H33ClN6O. The number of rotatable bonds is 4. The van der Waals surface area contributed by atoms with Crippen molar-refractivity contribution in [2.24, 2.45) is 17.3 Å². The van der Waals surface area contributed by atoms with Crippen LogP contribution in [-0.2, 0) is 4.79 Å². The Kier molecular flexibility index (Phi) is 5.35. The van der Waals surface area contributed by atoms with E-state index in [2.05, 4.69) is 47.0 Å². The molecule has 2 aliphatic carbocycles. The van der Waals surface area contributed by atoms with E-state index >= 15 is 0 Å². The molecule has 2 aromatic rings. The molecule has 34 heavy (non-hydrogen) atoms. The number of hydrazine groups is 1. The highest BCUT2D eigenvalue weighted by atomic mass is 35.5. The number of hydrogen-bond acceptors (Lipinski definition) is 5. The van der Waals surface area contributed by atoms with E-state index in [0.29, 0.717) is 23.9 Å². The van der Waals surface area contributed by atoms with Crippen LogP contribution in [0.15, 0.2) is 37.1 Å². The zero-order valence-electron chi connectivity index (χ0n) is 19.9. The summed E-state index contributed by atoms with van der Waals surface area (Å²) in [6, 6.07) is 6.80. The number of nitrogens with one attached hydrogen (secondary N) is 2. The lowest BCUT2D eigenvalue weighted by atomic mass is 9.60. The Balaban J connectivity index is 1.35. The summed E-state index contributed by atoms with van der Waals surface area (Å²) in [4.78, 5) is 18.5. The summed E-state index contributed by atoms with van der Waals surface area (Å²) in [5.41, 5.74) is 11.5. The molecule has 2 N–H and O–H groups in total. The lowest BCUT2D eigenvalue weighted by Crippen LogP contribution is -2.63. The van der Waals surface area contributed by atoms with Crippen molar-refractivity contribution < 1.29 is 4.79 Å². The predicted molar refractivity (Wildman–Crippen MR) is 132 cm³/mol. The van der Waals surface area contributed by atoms with E-state index in [1.807, 2.05) is 23.2 Å². The predicted octanol–water partition coefficient (Wildman–Crippen LogP) is 3.43. The average molecular weight is 481 g/mol. The Bertz CT molecular complexity index is 1100. The maximum absolute atomic E-state index is 11.9. The van der Waals surface area contributed by atoms with Crippen molar-refractivity contribution >= 4 is 17.5 Å². The smallest absolute Gasteiger partial charge is 0.245 e. The highest BCUT2D eigenvalue weighted by molar-refractivity contribution is 6.21. The van der Waals surface area contributed by atoms with Crippen LogP contribution in [-0.4, -0.2) is 56.6 Å². The van der Waals surface area contributed by atoms with Crippen LogP contribution in [0, 0.1) is 24.2 Å². The van der Waals surface area contributed by atoms with Crippen molar-refractivity contribution in [1.82, 2.24) is 30.5 Å². The van der Waals surface area contributed by atoms with Gasteiger partial charge in [0.1, 0.15) is 5.69 Å². The van der Waals surface area contributed by atoms with Gasteiger partial charge in [-0.15, -0.1) is 11.6 Å². The Morgan fingerprint density at radius 3 is 2.82 bits per heavy atom. The minimum Gasteiger partial charge on any atom is -0.338 e. The first kappa shape index (κ1) is 22.3. The Hall–Kier alpha value is -2.22. The second-order valence-corrected chi connectivity index (χ2v) is 11.5. The summed E-state index contributed by atoms with van der Waals surface area (Å²) < 4.78 is 2.25. The van der Waals surface area contributed by atoms with Gasteiger partial charge in [0.05, 0.1) is 11.7 Å². The zero-order chi connectivity index (χ0) is 23.6. The Morgan fingerprint density at radius 1 is 1.32 bits per heavy atom. The van der Waals surface area contributed by atoms with E-state index in [-0.39, 0.29) is 22.6 Å². The van der Waals surface area contributed by atoms with Gasteiger partial charge in [0, 0.05) is 59.8 Å². The molecule has 5 unspecified atom stereocenters. The van der Waals surface area contributed by atoms with E-state index in [1.165, 1.54) is 17.3 Å². The number of likely N-dealkylation sites (tertiary alicyclic amines) is 1. The number of alkyl halides is 1. The topological polar surface area (TPSA) is 75.1 Å². The molecule has 4 fully saturated rings. The van der Waals surface area contributed by atoms with Crippen molar-refractivity contribution in [3.05, 3.63) is 48.3 Å². The molecule has 0 aromatic carbocycles. The standard InChI is InChI=1S/C26H33ClN6O/c1-4-21(34)32-13-26(14-32)10-17(11-26)33-16(3)22(25(31-33)19-7-5-6-8-28-19)23-18-12-29-30-20(18)9-15(2)24(23)27/h4-8,15,17-18,20,23-24,29-30H,1,9-14H2,2-3H3. The maximum atomic E-state index is 11.9. The van der Waals surface area contributed by atoms with E-state index in [4.69, 9.17) is 16.7 Å². The maximum Gasteiger partial charge on any atom is 0.245 e. The molecule has 0 bridgehead atoms. The number of fused-ring (bicyclic) bond motifs is 1. The molecule has 2 aromatic heterocycles. The van der Waals surface area contributed by atoms with Crippen molar-refractivity contribution in [1.29, 1.82) is 0 Å². The van der Waals surface area contributed by atoms with Crippen molar-refractivity contribution in [2.75, 3.05) is 19.6 Å². The normalized spacial score (nSPS) is 32.2. The number of hydrogen-bond donors (Lipinski definition) is 2. The molecule has 2 aliphatic heterocycles. The van der Waals surface area contributed by atoms with Gasteiger partial charge in [-0.1, -0.05) is 19.6 Å². The van der Waals surface area contributed by atoms with Crippen LogP contribution in [0.2, 0.25) is 0 Å². The van der Waals surface area contributed by atoms with Gasteiger partial charge in [-0.25, -0.2) is 0 Å². The fourth-order valence-corrected chi connectivity index (χ4v) is 7.48. The number of amides is 1. The van der Waals surface area contributed by atoms with E-state index in [9.17, 15) is 4.79 Å². The molecule has 8 heteroatoms. The molecule has 6 rings (SSSR count). The first-order chi connectivity index (χ1) is 16.4. The summed E-state index contributed by atoms with van der Waals surface area (Å²) >= 11 is 7.18. The number of pyridine rings is 1. The van der Waals surface area contributed by atoms with Gasteiger partial charge in [0.15, 0.2) is 0 Å². The fraction of sp³-hybridized carbons (Fsp3) is 0.577. The molecule has 2 saturated carbocycles. The molecule has 7 nitrogen and oxygen atoms in total. The van der Waals surface area contributed by atoms with Gasteiger partial charge in [-0.3, -0.25) is 25.3 Å². The van der Waals surface area contributed by atoms with Gasteiger partial charge in [0.25, 0.3) is 0 Å². The fourth-order valence-electron chi connectivity index (χ4n) is 7.06. The van der Waals surface area contributed by atoms with Gasteiger partial charge >= 0.3 is 0 Å². The quantitative estimate of drug-likeness (QED) is 0.518. The van der Waals surface area contributed by atoms with Crippen molar-refractivity contribution in [2.45, 2.75) is 56.5 Å². The molecule has 4 heterocycles. The molecule has 1 spiro atoms. The first-order valence-electron chi connectivity index (χ1n) is 12.4. The van der Waals surface area contributed by atoms with Crippen LogP contribution in [0.3, 0.4) is 0 Å². The third-order valence-corrected chi connectivity index (χ3v) is 9.48. The van der Waals surface area contributed by atoms with Gasteiger partial charge in [-0.2, -0.15) is 5.10 Å². The Labute approximate surface area is 205 Å². The monoisotopic (exact) mass is 480 g/mol. The highest BCUT2D eigenvalue weighted by Gasteiger charge is 2.55. The summed E-state index contributed by atoms with van der Waals surface area (Å²) in [6.45, 7) is 10.7. The zero-order valence-corrected chi connectivity index (χ0v) is 20.6. The lowest BCUT2D eigenvalue weighted by Gasteiger charge is -2.58. The van der Waals surface area contributed by atoms with Gasteiger partial charge in [-0.05, 0) is 56.2 Å². The highest BCUT2D eigenvalue weighted by Crippen LogP contribution is 2.55. The number of halogens is 1. The van der Waals surface area contributed by atoms with E-state index in [1.54, 1.807) is 0 Å². The van der Waals surface area contributed by atoms with Crippen LogP contribution in [0.25, 0.3) is 11.4 Å². The summed E-state index contributed by atoms with van der Waals surface area (Å²) in [5, 5.41) is 5.26. The van der Waals surface area contributed by atoms with Crippen molar-refractivity contribution in [3.63, 3.8) is 0 Å². The van der Waals surface area contributed by atoms with Crippen LogP contribution in [0.1, 0.15) is 49.4 Å².